The Kier molecular flexibility index (Phi) is 6.83. The fourth-order valence-electron chi connectivity index (χ4n) is 10.1. The van der Waals surface area contributed by atoms with Crippen LogP contribution >= 0.6 is 0 Å². The molecule has 0 N–H and O–H groups in total. The number of rotatable bonds is 3. The van der Waals surface area contributed by atoms with E-state index in [2.05, 4.69) is 172 Å². The molecule has 7 nitrogen and oxygen atoms in total. The van der Waals surface area contributed by atoms with Crippen LogP contribution in [0.1, 0.15) is 16.7 Å². The zero-order chi connectivity index (χ0) is 40.4. The van der Waals surface area contributed by atoms with Gasteiger partial charge in [-0.2, -0.15) is 15.8 Å². The van der Waals surface area contributed by atoms with Gasteiger partial charge >= 0.3 is 0 Å². The fourth-order valence-corrected chi connectivity index (χ4v) is 10.1. The van der Waals surface area contributed by atoms with E-state index >= 15 is 0 Å². The van der Waals surface area contributed by atoms with Gasteiger partial charge in [0.2, 0.25) is 0 Å². The average molecular weight is 766 g/mol. The molecule has 278 valence electrons. The minimum absolute atomic E-state index is 0.377. The van der Waals surface area contributed by atoms with Crippen LogP contribution in [-0.4, -0.2) is 18.3 Å². The predicted octanol–water partition coefficient (Wildman–Crippen LogP) is 12.5. The van der Waals surface area contributed by atoms with E-state index in [9.17, 15) is 15.8 Å². The molecule has 8 aromatic carbocycles. The van der Waals surface area contributed by atoms with Crippen molar-refractivity contribution in [3.05, 3.63) is 168 Å². The van der Waals surface area contributed by atoms with Crippen LogP contribution in [0, 0.1) is 34.0 Å². The van der Waals surface area contributed by atoms with Gasteiger partial charge in [-0.25, -0.2) is 0 Å². The molecule has 0 fully saturated rings. The lowest BCUT2D eigenvalue weighted by Gasteiger charge is -2.22. The largest absolute Gasteiger partial charge is 0.342 e. The second kappa shape index (κ2) is 12.2. The van der Waals surface area contributed by atoms with E-state index < -0.39 is 0 Å². The number of hydrogen-bond donors (Lipinski definition) is 0. The quantitative estimate of drug-likeness (QED) is 0.179. The molecule has 0 saturated heterocycles. The number of hydrogen-bond acceptors (Lipinski definition) is 3. The molecule has 0 aliphatic carbocycles. The Bertz CT molecular complexity index is 3770. The van der Waals surface area contributed by atoms with Crippen LogP contribution in [-0.2, 0) is 14.1 Å². The molecule has 4 heterocycles. The lowest BCUT2D eigenvalue weighted by atomic mass is 9.95. The zero-order valence-corrected chi connectivity index (χ0v) is 32.6. The van der Waals surface area contributed by atoms with Gasteiger partial charge in [0, 0.05) is 73.8 Å². The summed E-state index contributed by atoms with van der Waals surface area (Å²) in [7, 11) is 4.24. The lowest BCUT2D eigenvalue weighted by molar-refractivity contribution is 1.01. The molecule has 0 atom stereocenters. The van der Waals surface area contributed by atoms with E-state index in [4.69, 9.17) is 0 Å². The fraction of sp³-hybridized carbons (Fsp3) is 0.0377. The maximum absolute atomic E-state index is 11.0. The van der Waals surface area contributed by atoms with Gasteiger partial charge in [-0.05, 0) is 60.2 Å². The number of aryl methyl sites for hydroxylation is 2. The van der Waals surface area contributed by atoms with Crippen LogP contribution < -0.4 is 0 Å². The Hall–Kier alpha value is -8.57. The molecule has 0 aliphatic rings. The lowest BCUT2D eigenvalue weighted by Crippen LogP contribution is -2.06. The van der Waals surface area contributed by atoms with E-state index in [-0.39, 0.29) is 0 Å². The van der Waals surface area contributed by atoms with Crippen LogP contribution in [0.3, 0.4) is 0 Å². The number of benzene rings is 8. The van der Waals surface area contributed by atoms with Gasteiger partial charge in [0.1, 0.15) is 0 Å². The third-order valence-corrected chi connectivity index (χ3v) is 12.6. The summed E-state index contributed by atoms with van der Waals surface area (Å²) in [6, 6.07) is 59.2. The van der Waals surface area contributed by atoms with Gasteiger partial charge in [0.05, 0.1) is 79.4 Å². The molecule has 0 unspecified atom stereocenters. The Morgan fingerprint density at radius 3 is 1.08 bits per heavy atom. The van der Waals surface area contributed by atoms with Crippen molar-refractivity contribution in [3.63, 3.8) is 0 Å². The summed E-state index contributed by atoms with van der Waals surface area (Å²) in [5, 5.41) is 40.7. The maximum Gasteiger partial charge on any atom is 0.0993 e. The Balaban J connectivity index is 1.35. The SMILES string of the molecule is Cn1c2ccccc2c2ccc3c4ccccc4n(-c4cc(C#N)cc(-n5c6ccccc6c6ccc7c8ccccc8n(C)c7c65)c4-c4cc(C#N)cc(C#N)c4)c3c21. The highest BCUT2D eigenvalue weighted by atomic mass is 15.1. The molecule has 0 bridgehead atoms. The van der Waals surface area contributed by atoms with Crippen molar-refractivity contribution < 1.29 is 0 Å². The van der Waals surface area contributed by atoms with Gasteiger partial charge in [0.25, 0.3) is 0 Å². The molecule has 0 amide bonds. The van der Waals surface area contributed by atoms with Crippen LogP contribution in [0.15, 0.2) is 152 Å². The molecule has 60 heavy (non-hydrogen) atoms. The highest BCUT2D eigenvalue weighted by Crippen LogP contribution is 2.47. The standard InChI is InChI=1S/C53H31N7/c1-57-43-15-7-3-11-35(43)39-19-21-41-37-13-5-9-17-45(37)59(52(41)50(39)57)47-26-33(30-56)27-48(49(47)34-24-31(28-54)23-32(25-34)29-55)60-46-18-10-6-14-38(46)42-22-20-40-36-12-4-8-16-44(36)58(2)51(40)53(42)60/h3-27H,1-2H3. The second-order valence-corrected chi connectivity index (χ2v) is 15.6. The highest BCUT2D eigenvalue weighted by molar-refractivity contribution is 6.25. The van der Waals surface area contributed by atoms with Gasteiger partial charge in [-0.3, -0.25) is 0 Å². The summed E-state index contributed by atoms with van der Waals surface area (Å²) in [4.78, 5) is 0. The molecule has 0 aliphatic heterocycles. The summed E-state index contributed by atoms with van der Waals surface area (Å²) < 4.78 is 9.14. The minimum atomic E-state index is 0.377. The number of nitriles is 3. The summed E-state index contributed by atoms with van der Waals surface area (Å²) >= 11 is 0. The average Bonchev–Trinajstić information content (AvgIpc) is 4.00. The number of para-hydroxylation sites is 4. The summed E-state index contributed by atoms with van der Waals surface area (Å²) in [6.07, 6.45) is 0. The van der Waals surface area contributed by atoms with E-state index in [1.165, 1.54) is 0 Å². The monoisotopic (exact) mass is 765 g/mol. The van der Waals surface area contributed by atoms with Crippen LogP contribution in [0.4, 0.5) is 0 Å². The third kappa shape index (κ3) is 4.34. The van der Waals surface area contributed by atoms with Gasteiger partial charge in [-0.15, -0.1) is 0 Å². The Morgan fingerprint density at radius 2 is 0.683 bits per heavy atom. The molecule has 0 spiro atoms. The predicted molar refractivity (Wildman–Crippen MR) is 243 cm³/mol. The number of fused-ring (bicyclic) bond motifs is 14. The van der Waals surface area contributed by atoms with Crippen molar-refractivity contribution in [3.8, 4) is 40.7 Å². The third-order valence-electron chi connectivity index (χ3n) is 12.6. The summed E-state index contributed by atoms with van der Waals surface area (Å²) in [5.74, 6) is 0. The van der Waals surface area contributed by atoms with E-state index in [0.29, 0.717) is 22.3 Å². The maximum atomic E-state index is 11.0. The molecule has 12 rings (SSSR count). The summed E-state index contributed by atoms with van der Waals surface area (Å²) in [5.41, 5.74) is 12.6. The smallest absolute Gasteiger partial charge is 0.0993 e. The van der Waals surface area contributed by atoms with E-state index in [0.717, 1.165) is 104 Å². The van der Waals surface area contributed by atoms with Crippen LogP contribution in [0.25, 0.3) is 110 Å². The van der Waals surface area contributed by atoms with Crippen molar-refractivity contribution in [2.24, 2.45) is 14.1 Å². The summed E-state index contributed by atoms with van der Waals surface area (Å²) in [6.45, 7) is 0. The van der Waals surface area contributed by atoms with E-state index in [1.807, 2.05) is 24.3 Å². The van der Waals surface area contributed by atoms with E-state index in [1.54, 1.807) is 6.07 Å². The Labute approximate surface area is 343 Å². The van der Waals surface area contributed by atoms with Crippen molar-refractivity contribution in [2.75, 3.05) is 0 Å². The van der Waals surface area contributed by atoms with Gasteiger partial charge in [0.15, 0.2) is 0 Å². The first kappa shape index (κ1) is 33.6. The molecular formula is C53H31N7. The van der Waals surface area contributed by atoms with Crippen LogP contribution in [0.2, 0.25) is 0 Å². The normalized spacial score (nSPS) is 11.8. The minimum Gasteiger partial charge on any atom is -0.342 e. The topological polar surface area (TPSA) is 91.1 Å². The Morgan fingerprint density at radius 1 is 0.350 bits per heavy atom. The van der Waals surface area contributed by atoms with Crippen molar-refractivity contribution >= 4 is 87.2 Å². The number of aromatic nitrogens is 4. The van der Waals surface area contributed by atoms with Crippen LogP contribution in [0.5, 0.6) is 0 Å². The molecule has 4 aromatic heterocycles. The number of nitrogens with zero attached hydrogens (tertiary/aromatic N) is 7. The zero-order valence-electron chi connectivity index (χ0n) is 32.6. The van der Waals surface area contributed by atoms with Gasteiger partial charge in [-0.1, -0.05) is 97.1 Å². The molecule has 7 heteroatoms. The van der Waals surface area contributed by atoms with Crippen molar-refractivity contribution in [1.82, 2.24) is 18.3 Å². The first-order chi connectivity index (χ1) is 29.5. The molecular weight excluding hydrogens is 735 g/mol. The second-order valence-electron chi connectivity index (χ2n) is 15.6. The molecule has 0 radical (unpaired) electrons. The first-order valence-corrected chi connectivity index (χ1v) is 19.8. The van der Waals surface area contributed by atoms with Crippen molar-refractivity contribution in [2.45, 2.75) is 0 Å². The first-order valence-electron chi connectivity index (χ1n) is 19.8. The molecule has 12 aromatic rings. The van der Waals surface area contributed by atoms with Crippen molar-refractivity contribution in [1.29, 1.82) is 15.8 Å². The highest BCUT2D eigenvalue weighted by Gasteiger charge is 2.27. The van der Waals surface area contributed by atoms with Gasteiger partial charge < -0.3 is 18.3 Å². The molecule has 0 saturated carbocycles.